The third kappa shape index (κ3) is 2.26. The summed E-state index contributed by atoms with van der Waals surface area (Å²) in [6.07, 6.45) is 0.996. The molecule has 0 aliphatic carbocycles. The molecule has 0 N–H and O–H groups in total. The molecule has 4 heteroatoms. The number of fused-ring (bicyclic) bond motifs is 7. The van der Waals surface area contributed by atoms with Gasteiger partial charge in [0.25, 0.3) is 0 Å². The molecule has 0 saturated heterocycles. The lowest BCUT2D eigenvalue weighted by molar-refractivity contribution is 0.663. The molecule has 4 heterocycles. The fourth-order valence-electron chi connectivity index (χ4n) is 3.83. The molecule has 0 spiro atoms. The molecule has 4 nitrogen and oxygen atoms in total. The van der Waals surface area contributed by atoms with Gasteiger partial charge >= 0.3 is 0 Å². The Hall–Kier alpha value is -3.66. The summed E-state index contributed by atoms with van der Waals surface area (Å²) in [6, 6.07) is 13.3. The number of rotatable bonds is 1. The fraction of sp³-hybridized carbons (Fsp3) is 0.120. The molecule has 6 rings (SSSR count). The molecule has 0 atom stereocenters. The van der Waals surface area contributed by atoms with Gasteiger partial charge in [-0.05, 0) is 62.0 Å². The number of pyridine rings is 2. The van der Waals surface area contributed by atoms with Gasteiger partial charge in [0.15, 0.2) is 5.58 Å². The molecule has 2 aromatic carbocycles. The minimum atomic E-state index is -2.75. The molecular weight excluding hydrogens is 360 g/mol. The van der Waals surface area contributed by atoms with Crippen LogP contribution in [0.2, 0.25) is 0 Å². The van der Waals surface area contributed by atoms with Crippen LogP contribution in [0, 0.1) is 20.6 Å². The number of hydrogen-bond donors (Lipinski definition) is 0. The number of benzene rings is 2. The Labute approximate surface area is 179 Å². The standard InChI is InChI=1S/C25H18N2O2/c1-13-10-18(26-12-14(13)2)17-11-15(3)27-24-23-21(29-25(17)24)9-8-20-22(23)16-6-4-5-7-19(16)28-20/h4-12H,1-3H3/i1D3,2D3,3D3. The average molecular weight is 387 g/mol. The van der Waals surface area contributed by atoms with E-state index >= 15 is 0 Å². The van der Waals surface area contributed by atoms with Crippen LogP contribution in [0.3, 0.4) is 0 Å². The molecule has 29 heavy (non-hydrogen) atoms. The Balaban J connectivity index is 1.75. The van der Waals surface area contributed by atoms with Gasteiger partial charge in [0.1, 0.15) is 22.3 Å². The molecular formula is C25H18N2O2. The van der Waals surface area contributed by atoms with E-state index in [0.29, 0.717) is 27.5 Å². The van der Waals surface area contributed by atoms with Gasteiger partial charge in [-0.2, -0.15) is 0 Å². The van der Waals surface area contributed by atoms with E-state index in [1.165, 1.54) is 6.07 Å². The molecule has 6 aromatic rings. The van der Waals surface area contributed by atoms with Gasteiger partial charge < -0.3 is 8.83 Å². The molecule has 0 fully saturated rings. The lowest BCUT2D eigenvalue weighted by Crippen LogP contribution is -1.91. The Bertz CT molecular complexity index is 1890. The monoisotopic (exact) mass is 387 g/mol. The van der Waals surface area contributed by atoms with Crippen LogP contribution in [0.15, 0.2) is 63.6 Å². The maximum absolute atomic E-state index is 8.03. The summed E-state index contributed by atoms with van der Waals surface area (Å²) >= 11 is 0. The van der Waals surface area contributed by atoms with E-state index in [-0.39, 0.29) is 28.1 Å². The molecule has 4 aromatic heterocycles. The highest BCUT2D eigenvalue weighted by atomic mass is 16.3. The highest BCUT2D eigenvalue weighted by Gasteiger charge is 2.20. The Morgan fingerprint density at radius 3 is 2.55 bits per heavy atom. The lowest BCUT2D eigenvalue weighted by Gasteiger charge is -2.06. The van der Waals surface area contributed by atoms with Gasteiger partial charge in [-0.3, -0.25) is 4.98 Å². The first-order valence-electron chi connectivity index (χ1n) is 13.4. The topological polar surface area (TPSA) is 52.1 Å². The van der Waals surface area contributed by atoms with Crippen molar-refractivity contribution in [3.8, 4) is 11.3 Å². The number of aromatic nitrogens is 2. The minimum absolute atomic E-state index is 0.0503. The quantitative estimate of drug-likeness (QED) is 0.309. The van der Waals surface area contributed by atoms with Crippen LogP contribution >= 0.6 is 0 Å². The molecule has 0 aliphatic heterocycles. The molecule has 0 radical (unpaired) electrons. The highest BCUT2D eigenvalue weighted by Crippen LogP contribution is 2.41. The second kappa shape index (κ2) is 5.67. The van der Waals surface area contributed by atoms with Gasteiger partial charge in [-0.25, -0.2) is 4.98 Å². The first-order valence-corrected chi connectivity index (χ1v) is 8.93. The molecule has 0 amide bonds. The smallest absolute Gasteiger partial charge is 0.163 e. The summed E-state index contributed by atoms with van der Waals surface area (Å²) in [5, 5.41) is 2.04. The SMILES string of the molecule is [2H]C([2H])([2H])c1cc(-c2cc(C([2H])([2H])[2H])c(C([2H])([2H])[2H])cn2)c2oc3ccc4oc5ccccc5c4c3c2n1. The third-order valence-corrected chi connectivity index (χ3v) is 5.11. The Morgan fingerprint density at radius 1 is 0.828 bits per heavy atom. The van der Waals surface area contributed by atoms with Gasteiger partial charge in [0.05, 0.1) is 11.1 Å². The van der Waals surface area contributed by atoms with Crippen LogP contribution in [-0.2, 0) is 0 Å². The van der Waals surface area contributed by atoms with E-state index in [2.05, 4.69) is 9.97 Å². The first kappa shape index (κ1) is 9.70. The summed E-state index contributed by atoms with van der Waals surface area (Å²) < 4.78 is 83.2. The number of furan rings is 2. The van der Waals surface area contributed by atoms with Crippen molar-refractivity contribution in [3.63, 3.8) is 0 Å². The van der Waals surface area contributed by atoms with E-state index in [0.717, 1.165) is 17.6 Å². The van der Waals surface area contributed by atoms with Gasteiger partial charge in [0, 0.05) is 40.6 Å². The second-order valence-corrected chi connectivity index (χ2v) is 6.86. The van der Waals surface area contributed by atoms with Crippen LogP contribution in [0.5, 0.6) is 0 Å². The number of hydrogen-bond acceptors (Lipinski definition) is 4. The van der Waals surface area contributed by atoms with Crippen LogP contribution < -0.4 is 0 Å². The van der Waals surface area contributed by atoms with Crippen LogP contribution in [0.25, 0.3) is 55.3 Å². The normalized spacial score (nSPS) is 17.9. The maximum Gasteiger partial charge on any atom is 0.163 e. The van der Waals surface area contributed by atoms with Crippen LogP contribution in [0.4, 0.5) is 0 Å². The Morgan fingerprint density at radius 2 is 1.69 bits per heavy atom. The van der Waals surface area contributed by atoms with Crippen molar-refractivity contribution in [3.05, 3.63) is 71.5 Å². The zero-order valence-electron chi connectivity index (χ0n) is 23.9. The van der Waals surface area contributed by atoms with E-state index in [9.17, 15) is 0 Å². The summed E-state index contributed by atoms with van der Waals surface area (Å²) in [5.41, 5.74) is 1.25. The maximum atomic E-state index is 8.03. The molecule has 0 unspecified atom stereocenters. The van der Waals surface area contributed by atoms with Crippen molar-refractivity contribution >= 4 is 44.0 Å². The first-order chi connectivity index (χ1) is 17.7. The van der Waals surface area contributed by atoms with E-state index < -0.39 is 31.7 Å². The summed E-state index contributed by atoms with van der Waals surface area (Å²) in [4.78, 5) is 8.69. The van der Waals surface area contributed by atoms with Crippen LogP contribution in [-0.4, -0.2) is 9.97 Å². The number of nitrogens with zero attached hydrogens (tertiary/aromatic N) is 2. The minimum Gasteiger partial charge on any atom is -0.456 e. The van der Waals surface area contributed by atoms with E-state index in [1.807, 2.05) is 24.3 Å². The fourth-order valence-corrected chi connectivity index (χ4v) is 3.83. The Kier molecular flexibility index (Phi) is 1.90. The van der Waals surface area contributed by atoms with Crippen molar-refractivity contribution in [2.45, 2.75) is 20.6 Å². The summed E-state index contributed by atoms with van der Waals surface area (Å²) in [7, 11) is 0. The van der Waals surface area contributed by atoms with Crippen molar-refractivity contribution in [2.24, 2.45) is 0 Å². The van der Waals surface area contributed by atoms with Gasteiger partial charge in [-0.15, -0.1) is 0 Å². The highest BCUT2D eigenvalue weighted by molar-refractivity contribution is 6.25. The molecule has 0 aliphatic rings. The predicted molar refractivity (Wildman–Crippen MR) is 116 cm³/mol. The van der Waals surface area contributed by atoms with Crippen LogP contribution in [0.1, 0.15) is 29.2 Å². The number of para-hydroxylation sites is 1. The largest absolute Gasteiger partial charge is 0.456 e. The summed E-state index contributed by atoms with van der Waals surface area (Å²) in [5.74, 6) is 0. The van der Waals surface area contributed by atoms with Crippen molar-refractivity contribution in [1.29, 1.82) is 0 Å². The van der Waals surface area contributed by atoms with Crippen molar-refractivity contribution in [2.75, 3.05) is 0 Å². The molecule has 140 valence electrons. The van der Waals surface area contributed by atoms with E-state index in [4.69, 9.17) is 21.2 Å². The summed E-state index contributed by atoms with van der Waals surface area (Å²) in [6.45, 7) is -8.07. The number of aryl methyl sites for hydroxylation is 3. The zero-order valence-corrected chi connectivity index (χ0v) is 14.9. The van der Waals surface area contributed by atoms with E-state index in [1.54, 1.807) is 12.1 Å². The van der Waals surface area contributed by atoms with Crippen molar-refractivity contribution in [1.82, 2.24) is 9.97 Å². The van der Waals surface area contributed by atoms with Gasteiger partial charge in [0.2, 0.25) is 0 Å². The molecule has 0 saturated carbocycles. The zero-order chi connectivity index (χ0) is 27.2. The van der Waals surface area contributed by atoms with Crippen molar-refractivity contribution < 1.29 is 21.2 Å². The average Bonchev–Trinajstić information content (AvgIpc) is 3.39. The lowest BCUT2D eigenvalue weighted by atomic mass is 10.0. The second-order valence-electron chi connectivity index (χ2n) is 6.86. The molecule has 0 bridgehead atoms. The predicted octanol–water partition coefficient (Wildman–Crippen LogP) is 6.87. The third-order valence-electron chi connectivity index (χ3n) is 5.11. The van der Waals surface area contributed by atoms with Gasteiger partial charge in [-0.1, -0.05) is 18.2 Å².